The highest BCUT2D eigenvalue weighted by Gasteiger charge is 2.19. The van der Waals surface area contributed by atoms with Crippen LogP contribution >= 0.6 is 0 Å². The van der Waals surface area contributed by atoms with Gasteiger partial charge in [-0.05, 0) is 37.7 Å². The van der Waals surface area contributed by atoms with Gasteiger partial charge in [0.05, 0.1) is 13.2 Å². The van der Waals surface area contributed by atoms with Gasteiger partial charge in [-0.15, -0.1) is 0 Å². The summed E-state index contributed by atoms with van der Waals surface area (Å²) in [5.74, 6) is 0.692. The lowest BCUT2D eigenvalue weighted by molar-refractivity contribution is 0.0586. The molecule has 6 heteroatoms. The SMILES string of the molecule is COC(=O)c1nccc(NCC2CCC(O)CC2)n1. The van der Waals surface area contributed by atoms with Crippen LogP contribution < -0.4 is 5.32 Å². The molecule has 0 aromatic carbocycles. The molecule has 0 aliphatic heterocycles. The van der Waals surface area contributed by atoms with Crippen molar-refractivity contribution in [1.82, 2.24) is 9.97 Å². The number of nitrogens with one attached hydrogen (secondary N) is 1. The van der Waals surface area contributed by atoms with Crippen molar-refractivity contribution in [1.29, 1.82) is 0 Å². The normalized spacial score (nSPS) is 22.8. The number of methoxy groups -OCH3 is 1. The van der Waals surface area contributed by atoms with Gasteiger partial charge in [0.1, 0.15) is 5.82 Å². The largest absolute Gasteiger partial charge is 0.463 e. The average molecular weight is 265 g/mol. The Morgan fingerprint density at radius 3 is 2.89 bits per heavy atom. The summed E-state index contributed by atoms with van der Waals surface area (Å²) in [4.78, 5) is 19.3. The maximum absolute atomic E-state index is 11.3. The number of anilines is 1. The predicted molar refractivity (Wildman–Crippen MR) is 69.8 cm³/mol. The molecule has 1 aromatic heterocycles. The monoisotopic (exact) mass is 265 g/mol. The molecule has 6 nitrogen and oxygen atoms in total. The summed E-state index contributed by atoms with van der Waals surface area (Å²) in [6.07, 6.45) is 5.16. The summed E-state index contributed by atoms with van der Waals surface area (Å²) in [6, 6.07) is 1.73. The van der Waals surface area contributed by atoms with Crippen LogP contribution in [0.1, 0.15) is 36.3 Å². The fraction of sp³-hybridized carbons (Fsp3) is 0.615. The minimum atomic E-state index is -0.538. The minimum Gasteiger partial charge on any atom is -0.463 e. The second-order valence-corrected chi connectivity index (χ2v) is 4.81. The van der Waals surface area contributed by atoms with E-state index in [0.717, 1.165) is 32.2 Å². The molecule has 0 atom stereocenters. The fourth-order valence-corrected chi connectivity index (χ4v) is 2.24. The second kappa shape index (κ2) is 6.47. The average Bonchev–Trinajstić information content (AvgIpc) is 2.46. The Labute approximate surface area is 112 Å². The second-order valence-electron chi connectivity index (χ2n) is 4.81. The molecule has 1 aliphatic carbocycles. The fourth-order valence-electron chi connectivity index (χ4n) is 2.24. The molecular formula is C13H19N3O3. The minimum absolute atomic E-state index is 0.0616. The highest BCUT2D eigenvalue weighted by atomic mass is 16.5. The highest BCUT2D eigenvalue weighted by Crippen LogP contribution is 2.24. The number of hydrogen-bond acceptors (Lipinski definition) is 6. The maximum atomic E-state index is 11.3. The molecule has 0 amide bonds. The summed E-state index contributed by atoms with van der Waals surface area (Å²) in [5.41, 5.74) is 0. The number of rotatable bonds is 4. The van der Waals surface area contributed by atoms with Crippen molar-refractivity contribution in [2.24, 2.45) is 5.92 Å². The topological polar surface area (TPSA) is 84.3 Å². The van der Waals surface area contributed by atoms with E-state index in [1.165, 1.54) is 13.3 Å². The van der Waals surface area contributed by atoms with E-state index in [-0.39, 0.29) is 11.9 Å². The third-order valence-corrected chi connectivity index (χ3v) is 3.41. The van der Waals surface area contributed by atoms with Crippen molar-refractivity contribution in [3.05, 3.63) is 18.1 Å². The van der Waals surface area contributed by atoms with E-state index in [1.807, 2.05) is 0 Å². The Morgan fingerprint density at radius 1 is 1.47 bits per heavy atom. The molecule has 1 heterocycles. The highest BCUT2D eigenvalue weighted by molar-refractivity contribution is 5.85. The van der Waals surface area contributed by atoms with Crippen molar-refractivity contribution in [2.45, 2.75) is 31.8 Å². The Kier molecular flexibility index (Phi) is 4.68. The predicted octanol–water partition coefficient (Wildman–Crippen LogP) is 1.23. The van der Waals surface area contributed by atoms with Crippen LogP contribution in [0.2, 0.25) is 0 Å². The van der Waals surface area contributed by atoms with E-state index in [4.69, 9.17) is 0 Å². The quantitative estimate of drug-likeness (QED) is 0.796. The number of carbonyl (C=O) groups is 1. The third kappa shape index (κ3) is 3.89. The number of aromatic nitrogens is 2. The van der Waals surface area contributed by atoms with Gasteiger partial charge >= 0.3 is 5.97 Å². The van der Waals surface area contributed by atoms with Gasteiger partial charge in [-0.2, -0.15) is 0 Å². The van der Waals surface area contributed by atoms with E-state index in [0.29, 0.717) is 11.7 Å². The van der Waals surface area contributed by atoms with Gasteiger partial charge in [-0.1, -0.05) is 0 Å². The van der Waals surface area contributed by atoms with Crippen molar-refractivity contribution < 1.29 is 14.6 Å². The molecule has 1 aliphatic rings. The van der Waals surface area contributed by atoms with E-state index in [1.54, 1.807) is 6.07 Å². The van der Waals surface area contributed by atoms with Crippen molar-refractivity contribution in [2.75, 3.05) is 19.0 Å². The van der Waals surface area contributed by atoms with Crippen molar-refractivity contribution in [3.8, 4) is 0 Å². The molecule has 1 aromatic rings. The number of ether oxygens (including phenoxy) is 1. The van der Waals surface area contributed by atoms with Gasteiger partial charge < -0.3 is 15.2 Å². The summed E-state index contributed by atoms with van der Waals surface area (Å²) in [5, 5.41) is 12.7. The van der Waals surface area contributed by atoms with Crippen LogP contribution in [0.15, 0.2) is 12.3 Å². The first-order valence-corrected chi connectivity index (χ1v) is 6.52. The van der Waals surface area contributed by atoms with Crippen LogP contribution in [0.3, 0.4) is 0 Å². The number of aliphatic hydroxyl groups is 1. The number of esters is 1. The van der Waals surface area contributed by atoms with Crippen molar-refractivity contribution >= 4 is 11.8 Å². The van der Waals surface area contributed by atoms with Crippen LogP contribution in [0, 0.1) is 5.92 Å². The zero-order chi connectivity index (χ0) is 13.7. The Balaban J connectivity index is 1.87. The van der Waals surface area contributed by atoms with Gasteiger partial charge in [-0.3, -0.25) is 0 Å². The van der Waals surface area contributed by atoms with Crippen LogP contribution in [-0.4, -0.2) is 40.8 Å². The lowest BCUT2D eigenvalue weighted by Gasteiger charge is -2.25. The van der Waals surface area contributed by atoms with Crippen LogP contribution in [-0.2, 0) is 4.74 Å². The van der Waals surface area contributed by atoms with E-state index in [9.17, 15) is 9.90 Å². The first kappa shape index (κ1) is 13.7. The maximum Gasteiger partial charge on any atom is 0.376 e. The van der Waals surface area contributed by atoms with Gasteiger partial charge in [0.15, 0.2) is 0 Å². The zero-order valence-corrected chi connectivity index (χ0v) is 11.0. The van der Waals surface area contributed by atoms with Gasteiger partial charge in [0, 0.05) is 12.7 Å². The summed E-state index contributed by atoms with van der Waals surface area (Å²) in [7, 11) is 1.30. The first-order chi connectivity index (χ1) is 9.19. The summed E-state index contributed by atoms with van der Waals surface area (Å²) >= 11 is 0. The molecule has 0 bridgehead atoms. The van der Waals surface area contributed by atoms with E-state index >= 15 is 0 Å². The first-order valence-electron chi connectivity index (χ1n) is 6.52. The molecule has 2 rings (SSSR count). The molecular weight excluding hydrogens is 246 g/mol. The molecule has 2 N–H and O–H groups in total. The molecule has 104 valence electrons. The van der Waals surface area contributed by atoms with Gasteiger partial charge in [0.25, 0.3) is 0 Å². The van der Waals surface area contributed by atoms with Gasteiger partial charge in [0.2, 0.25) is 5.82 Å². The van der Waals surface area contributed by atoms with E-state index in [2.05, 4.69) is 20.0 Å². The van der Waals surface area contributed by atoms with Crippen LogP contribution in [0.5, 0.6) is 0 Å². The number of hydrogen-bond donors (Lipinski definition) is 2. The van der Waals surface area contributed by atoms with Crippen LogP contribution in [0.4, 0.5) is 5.82 Å². The molecule has 0 radical (unpaired) electrons. The molecule has 1 saturated carbocycles. The van der Waals surface area contributed by atoms with Crippen molar-refractivity contribution in [3.63, 3.8) is 0 Å². The number of nitrogens with zero attached hydrogens (tertiary/aromatic N) is 2. The van der Waals surface area contributed by atoms with Crippen LogP contribution in [0.25, 0.3) is 0 Å². The summed E-state index contributed by atoms with van der Waals surface area (Å²) < 4.78 is 4.58. The third-order valence-electron chi connectivity index (χ3n) is 3.41. The Bertz CT molecular complexity index is 431. The molecule has 0 spiro atoms. The Hall–Kier alpha value is -1.69. The molecule has 19 heavy (non-hydrogen) atoms. The standard InChI is InChI=1S/C13H19N3O3/c1-19-13(18)12-14-7-6-11(16-12)15-8-9-2-4-10(17)5-3-9/h6-7,9-10,17H,2-5,8H2,1H3,(H,14,15,16). The lowest BCUT2D eigenvalue weighted by atomic mass is 9.87. The number of carbonyl (C=O) groups excluding carboxylic acids is 1. The summed E-state index contributed by atoms with van der Waals surface area (Å²) in [6.45, 7) is 0.796. The number of aliphatic hydroxyl groups excluding tert-OH is 1. The molecule has 0 saturated heterocycles. The molecule has 1 fully saturated rings. The molecule has 0 unspecified atom stereocenters. The smallest absolute Gasteiger partial charge is 0.376 e. The van der Waals surface area contributed by atoms with E-state index < -0.39 is 5.97 Å². The Morgan fingerprint density at radius 2 is 2.21 bits per heavy atom. The zero-order valence-electron chi connectivity index (χ0n) is 11.0. The lowest BCUT2D eigenvalue weighted by Crippen LogP contribution is -2.24. The van der Waals surface area contributed by atoms with Gasteiger partial charge in [-0.25, -0.2) is 14.8 Å².